The Morgan fingerprint density at radius 3 is 2.61 bits per heavy atom. The summed E-state index contributed by atoms with van der Waals surface area (Å²) in [5.41, 5.74) is 2.93. The lowest BCUT2D eigenvalue weighted by molar-refractivity contribution is -0.118. The maximum atomic E-state index is 13.5. The molecule has 2 heterocycles. The van der Waals surface area contributed by atoms with Crippen molar-refractivity contribution in [2.45, 2.75) is 68.4 Å². The number of hydrogen-bond acceptors (Lipinski definition) is 4. The first kappa shape index (κ1) is 20.3. The highest BCUT2D eigenvalue weighted by Gasteiger charge is 2.34. The zero-order chi connectivity index (χ0) is 21.5. The molecule has 2 aromatic carbocycles. The van der Waals surface area contributed by atoms with E-state index in [9.17, 15) is 9.59 Å². The molecule has 5 rings (SSSR count). The van der Waals surface area contributed by atoms with E-state index in [4.69, 9.17) is 4.98 Å². The van der Waals surface area contributed by atoms with Crippen LogP contribution in [0, 0.1) is 0 Å². The largest absolute Gasteiger partial charge is 0.308 e. The minimum absolute atomic E-state index is 0.0135. The van der Waals surface area contributed by atoms with Gasteiger partial charge in [-0.3, -0.25) is 14.2 Å². The van der Waals surface area contributed by atoms with Crippen LogP contribution >= 0.6 is 11.8 Å². The Morgan fingerprint density at radius 1 is 1.10 bits per heavy atom. The molecule has 1 amide bonds. The van der Waals surface area contributed by atoms with Crippen molar-refractivity contribution in [2.75, 3.05) is 4.90 Å². The summed E-state index contributed by atoms with van der Waals surface area (Å²) < 4.78 is 1.87. The second kappa shape index (κ2) is 8.15. The molecule has 1 aliphatic carbocycles. The first-order valence-electron chi connectivity index (χ1n) is 11.1. The van der Waals surface area contributed by atoms with Crippen molar-refractivity contribution in [3.63, 3.8) is 0 Å². The number of carbonyl (C=O) groups excluding carboxylic acids is 1. The van der Waals surface area contributed by atoms with Gasteiger partial charge in [-0.2, -0.15) is 0 Å². The normalized spacial score (nSPS) is 19.7. The number of thioether (sulfide) groups is 1. The van der Waals surface area contributed by atoms with E-state index in [1.54, 1.807) is 0 Å². The number of para-hydroxylation sites is 2. The van der Waals surface area contributed by atoms with Crippen LogP contribution in [0.5, 0.6) is 0 Å². The lowest BCUT2D eigenvalue weighted by Gasteiger charge is -2.26. The minimum atomic E-state index is -0.339. The van der Waals surface area contributed by atoms with Crippen molar-refractivity contribution >= 4 is 34.3 Å². The summed E-state index contributed by atoms with van der Waals surface area (Å²) in [5, 5.41) is 0.978. The van der Waals surface area contributed by atoms with Gasteiger partial charge in [0.15, 0.2) is 5.16 Å². The topological polar surface area (TPSA) is 55.2 Å². The van der Waals surface area contributed by atoms with E-state index in [1.165, 1.54) is 17.3 Å². The van der Waals surface area contributed by atoms with Gasteiger partial charge in [0, 0.05) is 17.8 Å². The van der Waals surface area contributed by atoms with Crippen LogP contribution in [0.1, 0.15) is 51.1 Å². The molecule has 2 atom stereocenters. The molecule has 0 saturated heterocycles. The van der Waals surface area contributed by atoms with Crippen LogP contribution in [0.4, 0.5) is 5.69 Å². The van der Waals surface area contributed by atoms with Crippen LogP contribution in [-0.2, 0) is 11.2 Å². The first-order valence-corrected chi connectivity index (χ1v) is 12.0. The molecular weight excluding hydrogens is 406 g/mol. The molecule has 1 saturated carbocycles. The molecule has 0 bridgehead atoms. The molecule has 3 aromatic rings. The Kier molecular flexibility index (Phi) is 5.34. The summed E-state index contributed by atoms with van der Waals surface area (Å²) in [7, 11) is 0. The van der Waals surface area contributed by atoms with Gasteiger partial charge in [-0.1, -0.05) is 54.9 Å². The summed E-state index contributed by atoms with van der Waals surface area (Å²) in [6.45, 7) is 4.03. The summed E-state index contributed by atoms with van der Waals surface area (Å²) in [6.07, 6.45) is 5.12. The highest BCUT2D eigenvalue weighted by atomic mass is 32.2. The third kappa shape index (κ3) is 3.57. The van der Waals surface area contributed by atoms with Gasteiger partial charge in [-0.25, -0.2) is 4.98 Å². The van der Waals surface area contributed by atoms with Crippen molar-refractivity contribution in [3.05, 3.63) is 64.4 Å². The van der Waals surface area contributed by atoms with Crippen LogP contribution in [0.25, 0.3) is 10.9 Å². The van der Waals surface area contributed by atoms with Crippen molar-refractivity contribution in [3.8, 4) is 0 Å². The van der Waals surface area contributed by atoms with Crippen LogP contribution < -0.4 is 10.5 Å². The van der Waals surface area contributed by atoms with Crippen molar-refractivity contribution in [1.82, 2.24) is 9.55 Å². The molecule has 1 fully saturated rings. The Labute approximate surface area is 186 Å². The quantitative estimate of drug-likeness (QED) is 0.431. The highest BCUT2D eigenvalue weighted by molar-refractivity contribution is 8.00. The summed E-state index contributed by atoms with van der Waals surface area (Å²) in [5.74, 6) is 0.0721. The number of aromatic nitrogens is 2. The fourth-order valence-corrected chi connectivity index (χ4v) is 6.03. The van der Waals surface area contributed by atoms with Crippen LogP contribution in [0.15, 0.2) is 58.5 Å². The highest BCUT2D eigenvalue weighted by Crippen LogP contribution is 2.36. The molecule has 31 heavy (non-hydrogen) atoms. The Morgan fingerprint density at radius 2 is 1.81 bits per heavy atom. The zero-order valence-electron chi connectivity index (χ0n) is 18.0. The van der Waals surface area contributed by atoms with E-state index in [1.807, 2.05) is 58.9 Å². The Bertz CT molecular complexity index is 1200. The van der Waals surface area contributed by atoms with E-state index in [2.05, 4.69) is 13.0 Å². The van der Waals surface area contributed by atoms with Crippen molar-refractivity contribution < 1.29 is 4.79 Å². The number of fused-ring (bicyclic) bond motifs is 2. The molecule has 0 N–H and O–H groups in total. The molecule has 0 unspecified atom stereocenters. The van der Waals surface area contributed by atoms with Gasteiger partial charge in [-0.15, -0.1) is 0 Å². The third-order valence-corrected chi connectivity index (χ3v) is 7.59. The van der Waals surface area contributed by atoms with E-state index < -0.39 is 0 Å². The molecule has 6 heteroatoms. The number of nitrogens with zero attached hydrogens (tertiary/aromatic N) is 3. The first-order chi connectivity index (χ1) is 15.0. The molecular formula is C25H27N3O2S. The molecule has 5 nitrogen and oxygen atoms in total. The lowest BCUT2D eigenvalue weighted by atomic mass is 10.1. The second-order valence-electron chi connectivity index (χ2n) is 8.68. The van der Waals surface area contributed by atoms with Gasteiger partial charge in [0.05, 0.1) is 16.2 Å². The Hall–Kier alpha value is -2.60. The van der Waals surface area contributed by atoms with Crippen LogP contribution in [0.3, 0.4) is 0 Å². The van der Waals surface area contributed by atoms with Gasteiger partial charge in [0.1, 0.15) is 0 Å². The third-order valence-electron chi connectivity index (χ3n) is 6.54. The average molecular weight is 434 g/mol. The van der Waals surface area contributed by atoms with E-state index >= 15 is 0 Å². The SMILES string of the molecule is C[C@H](Sc1nc2ccccc2c(=O)n1C1CCCC1)C(=O)N1c2ccccc2C[C@@H]1C. The predicted octanol–water partition coefficient (Wildman–Crippen LogP) is 4.97. The number of hydrogen-bond donors (Lipinski definition) is 0. The molecule has 1 aromatic heterocycles. The monoisotopic (exact) mass is 433 g/mol. The average Bonchev–Trinajstić information content (AvgIpc) is 3.40. The smallest absolute Gasteiger partial charge is 0.262 e. The maximum absolute atomic E-state index is 13.5. The fraction of sp³-hybridized carbons (Fsp3) is 0.400. The number of benzene rings is 2. The molecule has 0 spiro atoms. The van der Waals surface area contributed by atoms with Crippen molar-refractivity contribution in [2.24, 2.45) is 0 Å². The molecule has 160 valence electrons. The van der Waals surface area contributed by atoms with Gasteiger partial charge < -0.3 is 4.90 Å². The molecule has 1 aliphatic heterocycles. The fourth-order valence-electron chi connectivity index (χ4n) is 5.00. The van der Waals surface area contributed by atoms with Crippen LogP contribution in [0.2, 0.25) is 0 Å². The summed E-state index contributed by atoms with van der Waals surface area (Å²) >= 11 is 1.42. The predicted molar refractivity (Wildman–Crippen MR) is 126 cm³/mol. The van der Waals surface area contributed by atoms with Gasteiger partial charge in [-0.05, 0) is 56.9 Å². The van der Waals surface area contributed by atoms with Gasteiger partial charge >= 0.3 is 0 Å². The van der Waals surface area contributed by atoms with Crippen LogP contribution in [-0.4, -0.2) is 26.8 Å². The number of rotatable bonds is 4. The zero-order valence-corrected chi connectivity index (χ0v) is 18.8. The van der Waals surface area contributed by atoms with Gasteiger partial charge in [0.2, 0.25) is 5.91 Å². The van der Waals surface area contributed by atoms with E-state index in [0.717, 1.165) is 37.8 Å². The second-order valence-corrected chi connectivity index (χ2v) is 9.98. The number of amides is 1. The summed E-state index contributed by atoms with van der Waals surface area (Å²) in [4.78, 5) is 33.6. The van der Waals surface area contributed by atoms with Gasteiger partial charge in [0.25, 0.3) is 5.56 Å². The summed E-state index contributed by atoms with van der Waals surface area (Å²) in [6, 6.07) is 15.9. The lowest BCUT2D eigenvalue weighted by Crippen LogP contribution is -2.40. The van der Waals surface area contributed by atoms with E-state index in [-0.39, 0.29) is 28.8 Å². The van der Waals surface area contributed by atoms with E-state index in [0.29, 0.717) is 16.1 Å². The maximum Gasteiger partial charge on any atom is 0.262 e. The van der Waals surface area contributed by atoms with Crippen molar-refractivity contribution in [1.29, 1.82) is 0 Å². The minimum Gasteiger partial charge on any atom is -0.308 e. The number of anilines is 1. The number of carbonyl (C=O) groups is 1. The molecule has 0 radical (unpaired) electrons. The Balaban J connectivity index is 1.50. The molecule has 2 aliphatic rings. The standard InChI is InChI=1S/C25H27N3O2S/c1-16-15-18-9-3-8-14-22(18)27(16)23(29)17(2)31-25-26-21-13-7-6-12-20(21)24(30)28(25)19-10-4-5-11-19/h3,6-9,12-14,16-17,19H,4-5,10-11,15H2,1-2H3/t16-,17-/m0/s1.